The van der Waals surface area contributed by atoms with Gasteiger partial charge < -0.3 is 10.4 Å². The Bertz CT molecular complexity index is 476. The van der Waals surface area contributed by atoms with Crippen molar-refractivity contribution in [3.05, 3.63) is 5.01 Å². The molecule has 1 heterocycles. The molecule has 3 N–H and O–H groups in total. The number of amides is 2. The van der Waals surface area contributed by atoms with E-state index in [9.17, 15) is 9.59 Å². The van der Waals surface area contributed by atoms with Crippen molar-refractivity contribution in [3.8, 4) is 0 Å². The molecule has 0 aliphatic heterocycles. The molecule has 7 nitrogen and oxygen atoms in total. The molecule has 118 valence electrons. The number of hydrogen-bond donors (Lipinski definition) is 3. The quantitative estimate of drug-likeness (QED) is 0.684. The highest BCUT2D eigenvalue weighted by molar-refractivity contribution is 7.15. The average molecular weight is 314 g/mol. The number of hydrogen-bond acceptors (Lipinski definition) is 5. The third-order valence-corrected chi connectivity index (χ3v) is 3.54. The molecule has 0 radical (unpaired) electrons. The zero-order chi connectivity index (χ0) is 15.8. The summed E-state index contributed by atoms with van der Waals surface area (Å²) in [4.78, 5) is 22.2. The molecule has 0 fully saturated rings. The number of nitrogens with zero attached hydrogens (tertiary/aromatic N) is 2. The maximum atomic E-state index is 11.8. The van der Waals surface area contributed by atoms with E-state index >= 15 is 0 Å². The van der Waals surface area contributed by atoms with E-state index in [0.717, 1.165) is 11.4 Å². The number of nitrogens with one attached hydrogen (secondary N) is 2. The molecule has 0 bridgehead atoms. The van der Waals surface area contributed by atoms with Crippen LogP contribution in [0.25, 0.3) is 0 Å². The zero-order valence-corrected chi connectivity index (χ0v) is 13.4. The SMILES string of the molecule is CC(C)Cc1nnc(NC(=O)NC(C)CCCC(=O)O)s1. The van der Waals surface area contributed by atoms with Crippen molar-refractivity contribution >= 4 is 28.5 Å². The van der Waals surface area contributed by atoms with E-state index in [0.29, 0.717) is 23.9 Å². The van der Waals surface area contributed by atoms with E-state index in [1.165, 1.54) is 11.3 Å². The predicted octanol–water partition coefficient (Wildman–Crippen LogP) is 2.50. The predicted molar refractivity (Wildman–Crippen MR) is 81.6 cm³/mol. The summed E-state index contributed by atoms with van der Waals surface area (Å²) in [5.41, 5.74) is 0. The summed E-state index contributed by atoms with van der Waals surface area (Å²) in [6, 6.07) is -0.433. The van der Waals surface area contributed by atoms with Crippen LogP contribution >= 0.6 is 11.3 Å². The summed E-state index contributed by atoms with van der Waals surface area (Å²) in [6.45, 7) is 6.03. The molecular formula is C13H22N4O3S. The van der Waals surface area contributed by atoms with Gasteiger partial charge in [-0.05, 0) is 25.7 Å². The molecular weight excluding hydrogens is 292 g/mol. The second-order valence-corrected chi connectivity index (χ2v) is 6.45. The van der Waals surface area contributed by atoms with Gasteiger partial charge in [0.15, 0.2) is 0 Å². The van der Waals surface area contributed by atoms with Gasteiger partial charge in [0.1, 0.15) is 5.01 Å². The molecule has 0 aromatic carbocycles. The highest BCUT2D eigenvalue weighted by Gasteiger charge is 2.11. The zero-order valence-electron chi connectivity index (χ0n) is 12.5. The molecule has 1 atom stereocenters. The Balaban J connectivity index is 2.32. The lowest BCUT2D eigenvalue weighted by Gasteiger charge is -2.12. The van der Waals surface area contributed by atoms with Crippen LogP contribution in [0.5, 0.6) is 0 Å². The molecule has 1 unspecified atom stereocenters. The first-order valence-electron chi connectivity index (χ1n) is 6.98. The fourth-order valence-electron chi connectivity index (χ4n) is 1.72. The third kappa shape index (κ3) is 7.60. The van der Waals surface area contributed by atoms with E-state index < -0.39 is 5.97 Å². The molecule has 2 amide bonds. The first-order valence-corrected chi connectivity index (χ1v) is 7.80. The number of carbonyl (C=O) groups excluding carboxylic acids is 1. The van der Waals surface area contributed by atoms with Crippen LogP contribution in [-0.2, 0) is 11.2 Å². The number of anilines is 1. The van der Waals surface area contributed by atoms with Gasteiger partial charge in [-0.1, -0.05) is 25.2 Å². The lowest BCUT2D eigenvalue weighted by molar-refractivity contribution is -0.137. The van der Waals surface area contributed by atoms with Crippen molar-refractivity contribution in [2.24, 2.45) is 5.92 Å². The van der Waals surface area contributed by atoms with Crippen LogP contribution in [0.1, 0.15) is 45.0 Å². The maximum Gasteiger partial charge on any atom is 0.321 e. The molecule has 0 aliphatic rings. The average Bonchev–Trinajstić information content (AvgIpc) is 2.74. The van der Waals surface area contributed by atoms with E-state index in [-0.39, 0.29) is 18.5 Å². The van der Waals surface area contributed by atoms with Crippen molar-refractivity contribution in [1.82, 2.24) is 15.5 Å². The number of rotatable bonds is 8. The molecule has 8 heteroatoms. The fourth-order valence-corrected chi connectivity index (χ4v) is 2.67. The van der Waals surface area contributed by atoms with Crippen LogP contribution in [0.15, 0.2) is 0 Å². The maximum absolute atomic E-state index is 11.8. The second kappa shape index (κ2) is 8.56. The van der Waals surface area contributed by atoms with Crippen LogP contribution in [0, 0.1) is 5.92 Å². The number of urea groups is 1. The fraction of sp³-hybridized carbons (Fsp3) is 0.692. The largest absolute Gasteiger partial charge is 0.481 e. The topological polar surface area (TPSA) is 104 Å². The van der Waals surface area contributed by atoms with Crippen molar-refractivity contribution in [3.63, 3.8) is 0 Å². The molecule has 1 rings (SSSR count). The summed E-state index contributed by atoms with van der Waals surface area (Å²) in [5.74, 6) is -0.327. The second-order valence-electron chi connectivity index (χ2n) is 5.38. The highest BCUT2D eigenvalue weighted by atomic mass is 32.1. The molecule has 21 heavy (non-hydrogen) atoms. The summed E-state index contributed by atoms with van der Waals surface area (Å²) < 4.78 is 0. The Morgan fingerprint density at radius 3 is 2.62 bits per heavy atom. The molecule has 0 saturated carbocycles. The summed E-state index contributed by atoms with van der Waals surface area (Å²) in [5, 5.41) is 23.3. The number of carbonyl (C=O) groups is 2. The van der Waals surface area contributed by atoms with Gasteiger partial charge in [0, 0.05) is 18.9 Å². The Morgan fingerprint density at radius 1 is 1.29 bits per heavy atom. The molecule has 0 aliphatic carbocycles. The summed E-state index contributed by atoms with van der Waals surface area (Å²) in [6.07, 6.45) is 2.11. The third-order valence-electron chi connectivity index (χ3n) is 2.68. The molecule has 1 aromatic heterocycles. The van der Waals surface area contributed by atoms with E-state index in [2.05, 4.69) is 34.7 Å². The van der Waals surface area contributed by atoms with Crippen LogP contribution in [0.4, 0.5) is 9.93 Å². The first kappa shape index (κ1) is 17.4. The molecule has 1 aromatic rings. The lowest BCUT2D eigenvalue weighted by atomic mass is 10.1. The minimum absolute atomic E-state index is 0.0904. The Kier molecular flexibility index (Phi) is 7.07. The number of aromatic nitrogens is 2. The Hall–Kier alpha value is -1.70. The standard InChI is InChI=1S/C13H22N4O3S/c1-8(2)7-10-16-17-13(21-10)15-12(20)14-9(3)5-4-6-11(18)19/h8-9H,4-7H2,1-3H3,(H,18,19)(H2,14,15,17,20). The lowest BCUT2D eigenvalue weighted by Crippen LogP contribution is -2.36. The normalized spacial score (nSPS) is 12.2. The van der Waals surface area contributed by atoms with Gasteiger partial charge in [-0.15, -0.1) is 10.2 Å². The smallest absolute Gasteiger partial charge is 0.321 e. The monoisotopic (exact) mass is 314 g/mol. The van der Waals surface area contributed by atoms with Crippen LogP contribution in [0.3, 0.4) is 0 Å². The number of aliphatic carboxylic acids is 1. The summed E-state index contributed by atoms with van der Waals surface area (Å²) in [7, 11) is 0. The van der Waals surface area contributed by atoms with Gasteiger partial charge in [-0.2, -0.15) is 0 Å². The van der Waals surface area contributed by atoms with Crippen LogP contribution in [0.2, 0.25) is 0 Å². The molecule has 0 spiro atoms. The van der Waals surface area contributed by atoms with Gasteiger partial charge in [-0.25, -0.2) is 4.79 Å². The Labute approximate surface area is 128 Å². The van der Waals surface area contributed by atoms with Gasteiger partial charge in [0.25, 0.3) is 0 Å². The van der Waals surface area contributed by atoms with Crippen molar-refractivity contribution in [1.29, 1.82) is 0 Å². The minimum Gasteiger partial charge on any atom is -0.481 e. The van der Waals surface area contributed by atoms with E-state index in [1.807, 2.05) is 6.92 Å². The molecule has 0 saturated heterocycles. The van der Waals surface area contributed by atoms with Gasteiger partial charge in [-0.3, -0.25) is 10.1 Å². The minimum atomic E-state index is -0.821. The summed E-state index contributed by atoms with van der Waals surface area (Å²) >= 11 is 1.37. The van der Waals surface area contributed by atoms with E-state index in [4.69, 9.17) is 5.11 Å². The van der Waals surface area contributed by atoms with E-state index in [1.54, 1.807) is 0 Å². The van der Waals surface area contributed by atoms with Crippen molar-refractivity contribution < 1.29 is 14.7 Å². The number of carboxylic acid groups (broad SMARTS) is 1. The number of carboxylic acids is 1. The van der Waals surface area contributed by atoms with Gasteiger partial charge >= 0.3 is 12.0 Å². The van der Waals surface area contributed by atoms with Gasteiger partial charge in [0.05, 0.1) is 0 Å². The van der Waals surface area contributed by atoms with Crippen molar-refractivity contribution in [2.75, 3.05) is 5.32 Å². The van der Waals surface area contributed by atoms with Gasteiger partial charge in [0.2, 0.25) is 5.13 Å². The van der Waals surface area contributed by atoms with Crippen molar-refractivity contribution in [2.45, 2.75) is 52.5 Å². The van der Waals surface area contributed by atoms with Crippen LogP contribution in [-0.4, -0.2) is 33.3 Å². The Morgan fingerprint density at radius 2 is 2.00 bits per heavy atom. The van der Waals surface area contributed by atoms with Crippen LogP contribution < -0.4 is 10.6 Å². The highest BCUT2D eigenvalue weighted by Crippen LogP contribution is 2.18. The first-order chi connectivity index (χ1) is 9.86.